The van der Waals surface area contributed by atoms with Crippen LogP contribution in [0, 0.1) is 19.8 Å². The first-order valence-corrected chi connectivity index (χ1v) is 8.58. The van der Waals surface area contributed by atoms with Crippen molar-refractivity contribution in [2.75, 3.05) is 24.6 Å². The predicted molar refractivity (Wildman–Crippen MR) is 96.9 cm³/mol. The van der Waals surface area contributed by atoms with Gasteiger partial charge in [-0.3, -0.25) is 4.98 Å². The van der Waals surface area contributed by atoms with Crippen LogP contribution in [-0.2, 0) is 0 Å². The molecule has 1 atom stereocenters. The largest absolute Gasteiger partial charge is 0.476 e. The van der Waals surface area contributed by atoms with E-state index < -0.39 is 0 Å². The first kappa shape index (κ1) is 15.7. The number of fused-ring (bicyclic) bond motifs is 1. The molecule has 1 saturated heterocycles. The summed E-state index contributed by atoms with van der Waals surface area (Å²) in [6.45, 7) is 6.69. The van der Waals surface area contributed by atoms with Gasteiger partial charge in [0, 0.05) is 42.5 Å². The topological polar surface area (TPSA) is 64.0 Å². The molecule has 1 unspecified atom stereocenters. The van der Waals surface area contributed by atoms with Crippen LogP contribution >= 0.6 is 0 Å². The van der Waals surface area contributed by atoms with E-state index in [-0.39, 0.29) is 0 Å². The average molecular weight is 335 g/mol. The summed E-state index contributed by atoms with van der Waals surface area (Å²) in [5.74, 6) is 2.04. The zero-order chi connectivity index (χ0) is 17.2. The fourth-order valence-corrected chi connectivity index (χ4v) is 3.34. The molecule has 1 fully saturated rings. The van der Waals surface area contributed by atoms with Crippen molar-refractivity contribution in [1.82, 2.24) is 19.9 Å². The highest BCUT2D eigenvalue weighted by molar-refractivity contribution is 5.80. The minimum absolute atomic E-state index is 0.465. The van der Waals surface area contributed by atoms with Gasteiger partial charge in [0.25, 0.3) is 0 Å². The summed E-state index contributed by atoms with van der Waals surface area (Å²) in [7, 11) is 0. The first-order valence-electron chi connectivity index (χ1n) is 8.58. The second-order valence-corrected chi connectivity index (χ2v) is 6.58. The third-order valence-corrected chi connectivity index (χ3v) is 4.61. The van der Waals surface area contributed by atoms with E-state index in [0.717, 1.165) is 42.1 Å². The molecule has 25 heavy (non-hydrogen) atoms. The third kappa shape index (κ3) is 3.38. The molecule has 0 aliphatic carbocycles. The van der Waals surface area contributed by atoms with Crippen molar-refractivity contribution < 1.29 is 4.74 Å². The van der Waals surface area contributed by atoms with Crippen LogP contribution in [0.15, 0.2) is 36.8 Å². The third-order valence-electron chi connectivity index (χ3n) is 4.61. The molecule has 0 spiro atoms. The predicted octanol–water partition coefficient (Wildman–Crippen LogP) is 2.94. The lowest BCUT2D eigenvalue weighted by Crippen LogP contribution is -2.23. The number of hydrogen-bond acceptors (Lipinski definition) is 6. The highest BCUT2D eigenvalue weighted by Crippen LogP contribution is 2.25. The van der Waals surface area contributed by atoms with Crippen molar-refractivity contribution in [1.29, 1.82) is 0 Å². The summed E-state index contributed by atoms with van der Waals surface area (Å²) in [4.78, 5) is 19.8. The Morgan fingerprint density at radius 3 is 2.96 bits per heavy atom. The molecule has 4 rings (SSSR count). The van der Waals surface area contributed by atoms with Gasteiger partial charge in [-0.05, 0) is 44.0 Å². The Kier molecular flexibility index (Phi) is 4.17. The zero-order valence-electron chi connectivity index (χ0n) is 14.5. The molecule has 6 nitrogen and oxygen atoms in total. The fraction of sp³-hybridized carbons (Fsp3) is 0.368. The number of aromatic nitrogens is 4. The van der Waals surface area contributed by atoms with Crippen molar-refractivity contribution >= 4 is 16.9 Å². The summed E-state index contributed by atoms with van der Waals surface area (Å²) >= 11 is 0. The summed E-state index contributed by atoms with van der Waals surface area (Å²) in [5, 5.41) is 1.12. The monoisotopic (exact) mass is 335 g/mol. The molecule has 0 N–H and O–H groups in total. The highest BCUT2D eigenvalue weighted by atomic mass is 16.5. The second-order valence-electron chi connectivity index (χ2n) is 6.58. The Balaban J connectivity index is 1.45. The minimum Gasteiger partial charge on any atom is -0.476 e. The standard InChI is InChI=1S/C19H21N5O/c1-13-9-14(2)22-19-16(13)3-4-17(23-19)24-8-5-15(11-24)12-25-18-10-20-6-7-21-18/h3-4,6-7,9-10,15H,5,8,11-12H2,1-2H3. The average Bonchev–Trinajstić information content (AvgIpc) is 3.09. The maximum absolute atomic E-state index is 5.74. The second kappa shape index (κ2) is 6.63. The Bertz CT molecular complexity index is 884. The lowest BCUT2D eigenvalue weighted by Gasteiger charge is -2.18. The summed E-state index contributed by atoms with van der Waals surface area (Å²) < 4.78 is 5.74. The molecule has 6 heteroatoms. The van der Waals surface area contributed by atoms with Gasteiger partial charge in [0.2, 0.25) is 5.88 Å². The molecular weight excluding hydrogens is 314 g/mol. The van der Waals surface area contributed by atoms with E-state index in [4.69, 9.17) is 9.72 Å². The zero-order valence-corrected chi connectivity index (χ0v) is 14.5. The van der Waals surface area contributed by atoms with Crippen LogP contribution in [0.3, 0.4) is 0 Å². The van der Waals surface area contributed by atoms with Gasteiger partial charge >= 0.3 is 0 Å². The molecular formula is C19H21N5O. The number of nitrogens with zero attached hydrogens (tertiary/aromatic N) is 5. The lowest BCUT2D eigenvalue weighted by atomic mass is 10.1. The van der Waals surface area contributed by atoms with E-state index in [2.05, 4.69) is 45.0 Å². The lowest BCUT2D eigenvalue weighted by molar-refractivity contribution is 0.251. The first-order chi connectivity index (χ1) is 12.2. The molecule has 4 heterocycles. The van der Waals surface area contributed by atoms with Gasteiger partial charge in [-0.2, -0.15) is 0 Å². The van der Waals surface area contributed by atoms with Crippen LogP contribution in [-0.4, -0.2) is 39.6 Å². The molecule has 1 aliphatic rings. The van der Waals surface area contributed by atoms with Gasteiger partial charge in [-0.15, -0.1) is 0 Å². The van der Waals surface area contributed by atoms with Gasteiger partial charge < -0.3 is 9.64 Å². The molecule has 0 saturated carbocycles. The van der Waals surface area contributed by atoms with E-state index in [0.29, 0.717) is 18.4 Å². The van der Waals surface area contributed by atoms with Gasteiger partial charge in [0.15, 0.2) is 5.65 Å². The van der Waals surface area contributed by atoms with Crippen LogP contribution in [0.4, 0.5) is 5.82 Å². The van der Waals surface area contributed by atoms with Crippen LogP contribution in [0.2, 0.25) is 0 Å². The van der Waals surface area contributed by atoms with Crippen LogP contribution in [0.1, 0.15) is 17.7 Å². The molecule has 0 aromatic carbocycles. The Hall–Kier alpha value is -2.76. The number of aryl methyl sites for hydroxylation is 2. The van der Waals surface area contributed by atoms with E-state index in [1.54, 1.807) is 18.6 Å². The maximum atomic E-state index is 5.74. The molecule has 128 valence electrons. The van der Waals surface area contributed by atoms with Crippen LogP contribution < -0.4 is 9.64 Å². The number of anilines is 1. The van der Waals surface area contributed by atoms with E-state index in [1.165, 1.54) is 5.56 Å². The van der Waals surface area contributed by atoms with E-state index >= 15 is 0 Å². The molecule has 3 aromatic heterocycles. The smallest absolute Gasteiger partial charge is 0.232 e. The van der Waals surface area contributed by atoms with Gasteiger partial charge in [-0.1, -0.05) is 0 Å². The number of pyridine rings is 2. The molecule has 0 radical (unpaired) electrons. The molecule has 0 amide bonds. The Morgan fingerprint density at radius 1 is 1.20 bits per heavy atom. The van der Waals surface area contributed by atoms with Gasteiger partial charge in [-0.25, -0.2) is 15.0 Å². The van der Waals surface area contributed by atoms with E-state index in [9.17, 15) is 0 Å². The minimum atomic E-state index is 0.465. The maximum Gasteiger partial charge on any atom is 0.232 e. The van der Waals surface area contributed by atoms with Crippen molar-refractivity contribution in [3.05, 3.63) is 48.0 Å². The van der Waals surface area contributed by atoms with Crippen LogP contribution in [0.25, 0.3) is 11.0 Å². The summed E-state index contributed by atoms with van der Waals surface area (Å²) in [5.41, 5.74) is 3.05. The number of ether oxygens (including phenoxy) is 1. The molecule has 0 bridgehead atoms. The van der Waals surface area contributed by atoms with Gasteiger partial charge in [0.1, 0.15) is 5.82 Å². The molecule has 1 aliphatic heterocycles. The summed E-state index contributed by atoms with van der Waals surface area (Å²) in [6, 6.07) is 6.32. The fourth-order valence-electron chi connectivity index (χ4n) is 3.34. The van der Waals surface area contributed by atoms with Crippen molar-refractivity contribution in [2.45, 2.75) is 20.3 Å². The number of hydrogen-bond donors (Lipinski definition) is 0. The quantitative estimate of drug-likeness (QED) is 0.730. The summed E-state index contributed by atoms with van der Waals surface area (Å²) in [6.07, 6.45) is 6.02. The Morgan fingerprint density at radius 2 is 2.12 bits per heavy atom. The van der Waals surface area contributed by atoms with Crippen molar-refractivity contribution in [2.24, 2.45) is 5.92 Å². The van der Waals surface area contributed by atoms with Crippen LogP contribution in [0.5, 0.6) is 5.88 Å². The Labute approximate surface area is 146 Å². The van der Waals surface area contributed by atoms with Crippen molar-refractivity contribution in [3.8, 4) is 5.88 Å². The van der Waals surface area contributed by atoms with Gasteiger partial charge in [0.05, 0.1) is 12.8 Å². The number of rotatable bonds is 4. The highest BCUT2D eigenvalue weighted by Gasteiger charge is 2.24. The normalized spacial score (nSPS) is 17.2. The van der Waals surface area contributed by atoms with E-state index in [1.807, 2.05) is 6.92 Å². The SMILES string of the molecule is Cc1cc(C)c2ccc(N3CCC(COc4cnccn4)C3)nc2n1. The molecule has 3 aromatic rings. The van der Waals surface area contributed by atoms with Crippen molar-refractivity contribution in [3.63, 3.8) is 0 Å².